The van der Waals surface area contributed by atoms with E-state index in [0.717, 1.165) is 11.3 Å². The summed E-state index contributed by atoms with van der Waals surface area (Å²) in [6.45, 7) is 4.83. The second-order valence-corrected chi connectivity index (χ2v) is 6.23. The molecular formula is C16H23N3OS. The Morgan fingerprint density at radius 2 is 1.86 bits per heavy atom. The number of thiocarbonyl (C=S) groups is 1. The SMILES string of the molecule is CC1CCCC(C)N1CC(=O)Nc1ccc(C(N)=S)cc1. The summed E-state index contributed by atoms with van der Waals surface area (Å²) in [5.74, 6) is 0.0266. The van der Waals surface area contributed by atoms with E-state index in [2.05, 4.69) is 24.1 Å². The van der Waals surface area contributed by atoms with Crippen LogP contribution in [-0.4, -0.2) is 34.4 Å². The van der Waals surface area contributed by atoms with Crippen LogP contribution in [0.4, 0.5) is 5.69 Å². The van der Waals surface area contributed by atoms with Crippen molar-refractivity contribution in [2.75, 3.05) is 11.9 Å². The molecular weight excluding hydrogens is 282 g/mol. The summed E-state index contributed by atoms with van der Waals surface area (Å²) in [7, 11) is 0. The number of carbonyl (C=O) groups excluding carboxylic acids is 1. The summed E-state index contributed by atoms with van der Waals surface area (Å²) >= 11 is 4.91. The molecule has 0 aliphatic carbocycles. The smallest absolute Gasteiger partial charge is 0.238 e. The number of rotatable bonds is 4. The molecule has 1 aromatic carbocycles. The number of hydrogen-bond donors (Lipinski definition) is 2. The Bertz CT molecular complexity index is 505. The van der Waals surface area contributed by atoms with Crippen molar-refractivity contribution in [1.82, 2.24) is 4.90 Å². The van der Waals surface area contributed by atoms with E-state index in [9.17, 15) is 4.79 Å². The van der Waals surface area contributed by atoms with Crippen LogP contribution in [0.15, 0.2) is 24.3 Å². The molecule has 0 spiro atoms. The molecule has 4 nitrogen and oxygen atoms in total. The Morgan fingerprint density at radius 1 is 1.29 bits per heavy atom. The van der Waals surface area contributed by atoms with E-state index in [4.69, 9.17) is 18.0 Å². The molecule has 1 amide bonds. The fraction of sp³-hybridized carbons (Fsp3) is 0.500. The van der Waals surface area contributed by atoms with Crippen LogP contribution in [0.25, 0.3) is 0 Å². The molecule has 21 heavy (non-hydrogen) atoms. The van der Waals surface area contributed by atoms with Gasteiger partial charge in [0.25, 0.3) is 0 Å². The largest absolute Gasteiger partial charge is 0.389 e. The molecule has 1 aromatic rings. The Hall–Kier alpha value is -1.46. The number of benzene rings is 1. The molecule has 2 unspecified atom stereocenters. The van der Waals surface area contributed by atoms with Crippen LogP contribution in [0.5, 0.6) is 0 Å². The fourth-order valence-electron chi connectivity index (χ4n) is 2.87. The van der Waals surface area contributed by atoms with Crippen LogP contribution in [0, 0.1) is 0 Å². The zero-order valence-corrected chi connectivity index (χ0v) is 13.5. The lowest BCUT2D eigenvalue weighted by molar-refractivity contribution is -0.118. The molecule has 0 aromatic heterocycles. The van der Waals surface area contributed by atoms with Gasteiger partial charge in [-0.2, -0.15) is 0 Å². The summed E-state index contributed by atoms with van der Waals surface area (Å²) in [5, 5.41) is 2.93. The molecule has 1 saturated heterocycles. The van der Waals surface area contributed by atoms with E-state index in [-0.39, 0.29) is 5.91 Å². The summed E-state index contributed by atoms with van der Waals surface area (Å²) in [6.07, 6.45) is 3.58. The standard InChI is InChI=1S/C16H23N3OS/c1-11-4-3-5-12(2)19(11)10-15(20)18-14-8-6-13(7-9-14)16(17)21/h6-9,11-12H,3-5,10H2,1-2H3,(H2,17,21)(H,18,20). The fourth-order valence-corrected chi connectivity index (χ4v) is 3.01. The lowest BCUT2D eigenvalue weighted by Crippen LogP contribution is -2.47. The molecule has 2 atom stereocenters. The number of carbonyl (C=O) groups is 1. The van der Waals surface area contributed by atoms with Gasteiger partial charge in [-0.15, -0.1) is 0 Å². The number of piperidine rings is 1. The van der Waals surface area contributed by atoms with Crippen LogP contribution in [0.2, 0.25) is 0 Å². The van der Waals surface area contributed by atoms with E-state index in [1.807, 2.05) is 24.3 Å². The second kappa shape index (κ2) is 7.00. The molecule has 0 saturated carbocycles. The molecule has 0 radical (unpaired) electrons. The van der Waals surface area contributed by atoms with Crippen molar-refractivity contribution in [2.24, 2.45) is 5.73 Å². The minimum atomic E-state index is 0.0266. The average Bonchev–Trinajstić information content (AvgIpc) is 2.43. The van der Waals surface area contributed by atoms with Crippen LogP contribution < -0.4 is 11.1 Å². The van der Waals surface area contributed by atoms with Gasteiger partial charge in [-0.1, -0.05) is 18.6 Å². The van der Waals surface area contributed by atoms with Crippen LogP contribution in [-0.2, 0) is 4.79 Å². The number of nitrogens with one attached hydrogen (secondary N) is 1. The normalized spacial score (nSPS) is 22.8. The summed E-state index contributed by atoms with van der Waals surface area (Å²) < 4.78 is 0. The number of amides is 1. The van der Waals surface area contributed by atoms with Crippen molar-refractivity contribution in [3.05, 3.63) is 29.8 Å². The summed E-state index contributed by atoms with van der Waals surface area (Å²) in [5.41, 5.74) is 7.14. The first-order valence-corrected chi connectivity index (χ1v) is 7.83. The molecule has 1 aliphatic rings. The van der Waals surface area contributed by atoms with Crippen molar-refractivity contribution < 1.29 is 4.79 Å². The van der Waals surface area contributed by atoms with Gasteiger partial charge in [-0.3, -0.25) is 9.69 Å². The van der Waals surface area contributed by atoms with Crippen LogP contribution >= 0.6 is 12.2 Å². The highest BCUT2D eigenvalue weighted by molar-refractivity contribution is 7.80. The van der Waals surface area contributed by atoms with E-state index >= 15 is 0 Å². The Kier molecular flexibility index (Phi) is 5.31. The molecule has 1 aliphatic heterocycles. The zero-order chi connectivity index (χ0) is 15.4. The minimum absolute atomic E-state index is 0.0266. The monoisotopic (exact) mass is 305 g/mol. The van der Waals surface area contributed by atoms with Gasteiger partial charge in [0.1, 0.15) is 4.99 Å². The molecule has 114 valence electrons. The maximum absolute atomic E-state index is 12.2. The number of nitrogens with two attached hydrogens (primary N) is 1. The minimum Gasteiger partial charge on any atom is -0.389 e. The molecule has 1 fully saturated rings. The predicted octanol–water partition coefficient (Wildman–Crippen LogP) is 2.52. The van der Waals surface area contributed by atoms with Gasteiger partial charge in [0, 0.05) is 23.3 Å². The Balaban J connectivity index is 1.93. The van der Waals surface area contributed by atoms with E-state index < -0.39 is 0 Å². The van der Waals surface area contributed by atoms with E-state index in [0.29, 0.717) is 23.6 Å². The first-order valence-electron chi connectivity index (χ1n) is 7.43. The van der Waals surface area contributed by atoms with E-state index in [1.165, 1.54) is 19.3 Å². The molecule has 1 heterocycles. The lowest BCUT2D eigenvalue weighted by Gasteiger charge is -2.38. The van der Waals surface area contributed by atoms with Crippen molar-refractivity contribution in [2.45, 2.75) is 45.2 Å². The molecule has 2 rings (SSSR count). The van der Waals surface area contributed by atoms with E-state index in [1.54, 1.807) is 0 Å². The van der Waals surface area contributed by atoms with Gasteiger partial charge >= 0.3 is 0 Å². The number of likely N-dealkylation sites (tertiary alicyclic amines) is 1. The predicted molar refractivity (Wildman–Crippen MR) is 90.4 cm³/mol. The van der Waals surface area contributed by atoms with Gasteiger partial charge in [0.05, 0.1) is 6.54 Å². The first-order chi connectivity index (χ1) is 9.97. The van der Waals surface area contributed by atoms with Gasteiger partial charge in [0.15, 0.2) is 0 Å². The molecule has 0 bridgehead atoms. The maximum Gasteiger partial charge on any atom is 0.238 e. The van der Waals surface area contributed by atoms with Crippen LogP contribution in [0.1, 0.15) is 38.7 Å². The second-order valence-electron chi connectivity index (χ2n) is 5.79. The number of hydrogen-bond acceptors (Lipinski definition) is 3. The number of anilines is 1. The third-order valence-corrected chi connectivity index (χ3v) is 4.39. The zero-order valence-electron chi connectivity index (χ0n) is 12.6. The van der Waals surface area contributed by atoms with Crippen molar-refractivity contribution in [1.29, 1.82) is 0 Å². The maximum atomic E-state index is 12.2. The summed E-state index contributed by atoms with van der Waals surface area (Å²) in [6, 6.07) is 8.24. The summed E-state index contributed by atoms with van der Waals surface area (Å²) in [4.78, 5) is 14.8. The number of nitrogens with zero attached hydrogens (tertiary/aromatic N) is 1. The van der Waals surface area contributed by atoms with Crippen molar-refractivity contribution in [3.63, 3.8) is 0 Å². The molecule has 5 heteroatoms. The molecule has 3 N–H and O–H groups in total. The third kappa shape index (κ3) is 4.25. The quantitative estimate of drug-likeness (QED) is 0.839. The highest BCUT2D eigenvalue weighted by Gasteiger charge is 2.26. The Morgan fingerprint density at radius 3 is 2.38 bits per heavy atom. The van der Waals surface area contributed by atoms with Crippen LogP contribution in [0.3, 0.4) is 0 Å². The highest BCUT2D eigenvalue weighted by Crippen LogP contribution is 2.22. The van der Waals surface area contributed by atoms with Gasteiger partial charge < -0.3 is 11.1 Å². The topological polar surface area (TPSA) is 58.4 Å². The Labute approximate surface area is 131 Å². The van der Waals surface area contributed by atoms with Gasteiger partial charge in [-0.25, -0.2) is 0 Å². The highest BCUT2D eigenvalue weighted by atomic mass is 32.1. The van der Waals surface area contributed by atoms with Crippen molar-refractivity contribution >= 4 is 28.8 Å². The lowest BCUT2D eigenvalue weighted by atomic mass is 9.97. The van der Waals surface area contributed by atoms with Gasteiger partial charge in [-0.05, 0) is 51.0 Å². The first kappa shape index (κ1) is 15.9. The van der Waals surface area contributed by atoms with Gasteiger partial charge in [0.2, 0.25) is 5.91 Å². The van der Waals surface area contributed by atoms with Crippen molar-refractivity contribution in [3.8, 4) is 0 Å². The third-order valence-electron chi connectivity index (χ3n) is 4.16. The average molecular weight is 305 g/mol.